The van der Waals surface area contributed by atoms with Crippen LogP contribution in [0.4, 0.5) is 14.6 Å². The first-order chi connectivity index (χ1) is 18.7. The van der Waals surface area contributed by atoms with Crippen LogP contribution in [-0.4, -0.2) is 46.5 Å². The van der Waals surface area contributed by atoms with E-state index in [9.17, 15) is 13.9 Å². The maximum atomic E-state index is 13.2. The van der Waals surface area contributed by atoms with Crippen molar-refractivity contribution in [1.82, 2.24) is 20.4 Å². The number of benzene rings is 1. The van der Waals surface area contributed by atoms with Crippen LogP contribution in [0.2, 0.25) is 0 Å². The van der Waals surface area contributed by atoms with Crippen LogP contribution in [0.1, 0.15) is 77.5 Å². The minimum atomic E-state index is -2.72. The summed E-state index contributed by atoms with van der Waals surface area (Å²) in [4.78, 5) is 0. The van der Waals surface area contributed by atoms with Gasteiger partial charge in [-0.15, -0.1) is 0 Å². The monoisotopic (exact) mass is 543 g/mol. The number of rotatable bonds is 18. The molecule has 0 aliphatic heterocycles. The van der Waals surface area contributed by atoms with Crippen molar-refractivity contribution < 1.29 is 13.9 Å². The SMILES string of the molecule is CC/C=C\C(=C/CCC)c1nn(-c2ccccc2)c(N/C(=C/CCC)NC(CO)CNCCC(C)(F)F)c1C. The molecule has 1 unspecified atom stereocenters. The van der Waals surface area contributed by atoms with Gasteiger partial charge in [0.2, 0.25) is 5.92 Å². The van der Waals surface area contributed by atoms with E-state index in [1.165, 1.54) is 0 Å². The Balaban J connectivity index is 2.43. The maximum absolute atomic E-state index is 13.2. The molecule has 0 aliphatic rings. The van der Waals surface area contributed by atoms with E-state index in [4.69, 9.17) is 5.10 Å². The van der Waals surface area contributed by atoms with Crippen molar-refractivity contribution in [3.8, 4) is 5.69 Å². The maximum Gasteiger partial charge on any atom is 0.246 e. The summed E-state index contributed by atoms with van der Waals surface area (Å²) in [6, 6.07) is 9.63. The van der Waals surface area contributed by atoms with Gasteiger partial charge in [-0.1, -0.05) is 70.0 Å². The number of aliphatic hydroxyl groups is 1. The number of para-hydroxylation sites is 1. The normalized spacial score (nSPS) is 13.7. The van der Waals surface area contributed by atoms with Gasteiger partial charge in [-0.05, 0) is 56.9 Å². The number of aromatic nitrogens is 2. The van der Waals surface area contributed by atoms with E-state index in [-0.39, 0.29) is 25.6 Å². The predicted octanol–water partition coefficient (Wildman–Crippen LogP) is 6.97. The van der Waals surface area contributed by atoms with E-state index < -0.39 is 5.92 Å². The fourth-order valence-corrected chi connectivity index (χ4v) is 3.99. The zero-order valence-corrected chi connectivity index (χ0v) is 24.2. The van der Waals surface area contributed by atoms with Crippen LogP contribution in [0, 0.1) is 6.92 Å². The Bertz CT molecular complexity index is 1070. The first-order valence-corrected chi connectivity index (χ1v) is 14.2. The van der Waals surface area contributed by atoms with Crippen molar-refractivity contribution in [3.63, 3.8) is 0 Å². The zero-order chi connectivity index (χ0) is 28.7. The van der Waals surface area contributed by atoms with E-state index in [0.717, 1.165) is 73.2 Å². The fraction of sp³-hybridized carbons (Fsp3) is 0.516. The van der Waals surface area contributed by atoms with E-state index in [1.807, 2.05) is 35.0 Å². The average Bonchev–Trinajstić information content (AvgIpc) is 3.24. The summed E-state index contributed by atoms with van der Waals surface area (Å²) in [5.74, 6) is -1.15. The van der Waals surface area contributed by atoms with Crippen LogP contribution >= 0.6 is 0 Å². The second-order valence-corrected chi connectivity index (χ2v) is 9.91. The highest BCUT2D eigenvalue weighted by Gasteiger charge is 2.21. The minimum absolute atomic E-state index is 0.144. The Labute approximate surface area is 233 Å². The van der Waals surface area contributed by atoms with E-state index in [1.54, 1.807) is 0 Å². The summed E-state index contributed by atoms with van der Waals surface area (Å²) in [7, 11) is 0. The summed E-state index contributed by atoms with van der Waals surface area (Å²) in [6.45, 7) is 9.75. The minimum Gasteiger partial charge on any atom is -0.394 e. The third kappa shape index (κ3) is 11.0. The van der Waals surface area contributed by atoms with Crippen molar-refractivity contribution in [2.24, 2.45) is 0 Å². The van der Waals surface area contributed by atoms with Gasteiger partial charge in [-0.2, -0.15) is 5.10 Å². The molecule has 2 aromatic rings. The van der Waals surface area contributed by atoms with Gasteiger partial charge in [0.1, 0.15) is 11.6 Å². The largest absolute Gasteiger partial charge is 0.394 e. The number of aliphatic hydroxyl groups excluding tert-OH is 1. The summed E-state index contributed by atoms with van der Waals surface area (Å²) in [5.41, 5.74) is 3.94. The van der Waals surface area contributed by atoms with Crippen LogP contribution in [0.3, 0.4) is 0 Å². The third-order valence-electron chi connectivity index (χ3n) is 6.18. The molecule has 0 spiro atoms. The first-order valence-electron chi connectivity index (χ1n) is 14.2. The number of nitrogens with one attached hydrogen (secondary N) is 3. The number of unbranched alkanes of at least 4 members (excludes halogenated alkanes) is 2. The molecule has 0 amide bonds. The lowest BCUT2D eigenvalue weighted by Crippen LogP contribution is -2.43. The van der Waals surface area contributed by atoms with Crippen LogP contribution in [0.5, 0.6) is 0 Å². The molecule has 0 bridgehead atoms. The van der Waals surface area contributed by atoms with Crippen LogP contribution in [0.25, 0.3) is 11.3 Å². The van der Waals surface area contributed by atoms with Crippen LogP contribution in [-0.2, 0) is 0 Å². The molecular weight excluding hydrogens is 496 g/mol. The summed E-state index contributed by atoms with van der Waals surface area (Å²) >= 11 is 0. The van der Waals surface area contributed by atoms with E-state index in [2.05, 4.69) is 67.9 Å². The van der Waals surface area contributed by atoms with Gasteiger partial charge in [0.05, 0.1) is 24.0 Å². The van der Waals surface area contributed by atoms with Gasteiger partial charge in [0.25, 0.3) is 0 Å². The predicted molar refractivity (Wildman–Crippen MR) is 159 cm³/mol. The molecule has 39 heavy (non-hydrogen) atoms. The molecule has 216 valence electrons. The smallest absolute Gasteiger partial charge is 0.246 e. The second-order valence-electron chi connectivity index (χ2n) is 9.91. The molecule has 6 nitrogen and oxygen atoms in total. The van der Waals surface area contributed by atoms with Gasteiger partial charge in [-0.25, -0.2) is 13.5 Å². The molecule has 1 aromatic heterocycles. The third-order valence-corrected chi connectivity index (χ3v) is 6.18. The van der Waals surface area contributed by atoms with Crippen molar-refractivity contribution in [1.29, 1.82) is 0 Å². The van der Waals surface area contributed by atoms with Crippen LogP contribution in [0.15, 0.2) is 60.5 Å². The van der Waals surface area contributed by atoms with Gasteiger partial charge in [0.15, 0.2) is 0 Å². The van der Waals surface area contributed by atoms with Gasteiger partial charge < -0.3 is 21.1 Å². The molecule has 0 saturated heterocycles. The van der Waals surface area contributed by atoms with Crippen molar-refractivity contribution in [2.75, 3.05) is 25.0 Å². The molecular formula is C31H47F2N5O. The highest BCUT2D eigenvalue weighted by atomic mass is 19.3. The number of anilines is 1. The van der Waals surface area contributed by atoms with Gasteiger partial charge >= 0.3 is 0 Å². The van der Waals surface area contributed by atoms with E-state index >= 15 is 0 Å². The summed E-state index contributed by atoms with van der Waals surface area (Å²) < 4.78 is 28.3. The number of halogens is 2. The van der Waals surface area contributed by atoms with Crippen molar-refractivity contribution >= 4 is 11.4 Å². The molecule has 0 fully saturated rings. The molecule has 0 aliphatic carbocycles. The second kappa shape index (κ2) is 16.9. The average molecular weight is 544 g/mol. The van der Waals surface area contributed by atoms with Gasteiger partial charge in [-0.3, -0.25) is 0 Å². The van der Waals surface area contributed by atoms with Crippen molar-refractivity contribution in [3.05, 3.63) is 71.7 Å². The molecule has 2 rings (SSSR count). The number of hydrogen-bond acceptors (Lipinski definition) is 5. The quantitative estimate of drug-likeness (QED) is 0.121. The van der Waals surface area contributed by atoms with Gasteiger partial charge in [0, 0.05) is 25.1 Å². The summed E-state index contributed by atoms with van der Waals surface area (Å²) in [6.07, 6.45) is 13.1. The highest BCUT2D eigenvalue weighted by molar-refractivity contribution is 5.77. The standard InChI is InChI=1S/C31H47F2N5O/c1-6-9-15-25(16-10-7-2)29-24(4)30(38(37-29)27-17-13-12-14-18-27)36-28(19-11-8-3)35-26(23-39)22-34-21-20-31(5,32)33/h9,12-19,26,34-36,39H,6-8,10-11,20-23H2,1-5H3/b15-9-,25-16+,28-19+. The van der Waals surface area contributed by atoms with Crippen LogP contribution < -0.4 is 16.0 Å². The Hall–Kier alpha value is -2.97. The molecule has 1 atom stereocenters. The molecule has 0 saturated carbocycles. The number of hydrogen-bond donors (Lipinski definition) is 4. The Morgan fingerprint density at radius 3 is 2.41 bits per heavy atom. The molecule has 1 aromatic carbocycles. The molecule has 8 heteroatoms. The number of alkyl halides is 2. The lowest BCUT2D eigenvalue weighted by Gasteiger charge is -2.23. The Kier molecular flexibility index (Phi) is 14.0. The molecule has 0 radical (unpaired) electrons. The molecule has 4 N–H and O–H groups in total. The topological polar surface area (TPSA) is 74.1 Å². The number of allylic oxidation sites excluding steroid dienone is 5. The Morgan fingerprint density at radius 2 is 1.79 bits per heavy atom. The summed E-state index contributed by atoms with van der Waals surface area (Å²) in [5, 5.41) is 25.0. The lowest BCUT2D eigenvalue weighted by molar-refractivity contribution is 0.0133. The number of nitrogens with zero attached hydrogens (tertiary/aromatic N) is 2. The highest BCUT2D eigenvalue weighted by Crippen LogP contribution is 2.30. The van der Waals surface area contributed by atoms with E-state index in [0.29, 0.717) is 6.54 Å². The lowest BCUT2D eigenvalue weighted by atomic mass is 10.1. The van der Waals surface area contributed by atoms with Crippen molar-refractivity contribution in [2.45, 2.75) is 85.1 Å². The fourth-order valence-electron chi connectivity index (χ4n) is 3.99. The molecule has 1 heterocycles. The first kappa shape index (κ1) is 32.2. The Morgan fingerprint density at radius 1 is 1.10 bits per heavy atom. The zero-order valence-electron chi connectivity index (χ0n) is 24.2.